The summed E-state index contributed by atoms with van der Waals surface area (Å²) in [4.78, 5) is 10.8. The highest BCUT2D eigenvalue weighted by Crippen LogP contribution is 2.29. The number of aromatic nitrogens is 2. The standard InChI is InChI=1S/C18H21F3N4O2/c1-12-9-16(24-17(23-12)22-6-2-8-26)25-7-5-13-3-4-15(10-14(13)11-25)27-18(19,20)21/h3-4,9-10,26H,2,5-8,11H2,1H3,(H,22,23,24). The third kappa shape index (κ3) is 5.22. The molecule has 2 N–H and O–H groups in total. The Labute approximate surface area is 155 Å². The number of benzene rings is 1. The van der Waals surface area contributed by atoms with Crippen LogP contribution in [0, 0.1) is 6.92 Å². The molecule has 1 aromatic carbocycles. The minimum atomic E-state index is -4.71. The zero-order valence-electron chi connectivity index (χ0n) is 14.9. The van der Waals surface area contributed by atoms with Gasteiger partial charge in [0.15, 0.2) is 0 Å². The van der Waals surface area contributed by atoms with E-state index in [0.29, 0.717) is 44.2 Å². The van der Waals surface area contributed by atoms with Crippen LogP contribution in [0.1, 0.15) is 23.2 Å². The number of aryl methyl sites for hydroxylation is 1. The van der Waals surface area contributed by atoms with Crippen LogP contribution in [-0.4, -0.2) is 41.1 Å². The van der Waals surface area contributed by atoms with Crippen molar-refractivity contribution in [1.82, 2.24) is 9.97 Å². The van der Waals surface area contributed by atoms with E-state index in [1.54, 1.807) is 6.07 Å². The molecule has 6 nitrogen and oxygen atoms in total. The van der Waals surface area contributed by atoms with Crippen LogP contribution in [-0.2, 0) is 13.0 Å². The Hall–Kier alpha value is -2.55. The fraction of sp³-hybridized carbons (Fsp3) is 0.444. The molecule has 0 atom stereocenters. The lowest BCUT2D eigenvalue weighted by atomic mass is 9.99. The summed E-state index contributed by atoms with van der Waals surface area (Å²) in [6, 6.07) is 6.31. The van der Waals surface area contributed by atoms with Crippen molar-refractivity contribution in [1.29, 1.82) is 0 Å². The predicted molar refractivity (Wildman–Crippen MR) is 94.8 cm³/mol. The monoisotopic (exact) mass is 382 g/mol. The van der Waals surface area contributed by atoms with Gasteiger partial charge in [-0.3, -0.25) is 0 Å². The average molecular weight is 382 g/mol. The quantitative estimate of drug-likeness (QED) is 0.749. The summed E-state index contributed by atoms with van der Waals surface area (Å²) >= 11 is 0. The Kier molecular flexibility index (Phi) is 5.69. The molecular formula is C18H21F3N4O2. The molecule has 3 rings (SSSR count). The number of fused-ring (bicyclic) bond motifs is 1. The largest absolute Gasteiger partial charge is 0.573 e. The van der Waals surface area contributed by atoms with Gasteiger partial charge in [0.1, 0.15) is 11.6 Å². The molecule has 1 aliphatic rings. The highest BCUT2D eigenvalue weighted by molar-refractivity contribution is 5.49. The zero-order valence-corrected chi connectivity index (χ0v) is 14.9. The zero-order chi connectivity index (χ0) is 19.4. The summed E-state index contributed by atoms with van der Waals surface area (Å²) in [6.07, 6.45) is -3.41. The van der Waals surface area contributed by atoms with E-state index in [-0.39, 0.29) is 12.4 Å². The van der Waals surface area contributed by atoms with Gasteiger partial charge in [0.2, 0.25) is 5.95 Å². The average Bonchev–Trinajstić information content (AvgIpc) is 2.59. The number of hydrogen-bond donors (Lipinski definition) is 2. The number of aliphatic hydroxyl groups is 1. The summed E-state index contributed by atoms with van der Waals surface area (Å²) in [5.41, 5.74) is 2.58. The van der Waals surface area contributed by atoms with Crippen LogP contribution in [0.3, 0.4) is 0 Å². The van der Waals surface area contributed by atoms with Crippen LogP contribution >= 0.6 is 0 Å². The molecule has 1 aliphatic heterocycles. The van der Waals surface area contributed by atoms with Crippen molar-refractivity contribution in [2.24, 2.45) is 0 Å². The summed E-state index contributed by atoms with van der Waals surface area (Å²) in [5.74, 6) is 0.966. The molecule has 0 radical (unpaired) electrons. The predicted octanol–water partition coefficient (Wildman–Crippen LogP) is 3.04. The van der Waals surface area contributed by atoms with Gasteiger partial charge in [0.05, 0.1) is 0 Å². The van der Waals surface area contributed by atoms with E-state index in [0.717, 1.165) is 16.8 Å². The normalized spacial score (nSPS) is 14.0. The Bertz CT molecular complexity index is 799. The van der Waals surface area contributed by atoms with Gasteiger partial charge in [-0.2, -0.15) is 4.98 Å². The number of anilines is 2. The first-order valence-electron chi connectivity index (χ1n) is 8.67. The molecule has 0 aliphatic carbocycles. The first-order valence-corrected chi connectivity index (χ1v) is 8.67. The van der Waals surface area contributed by atoms with Crippen molar-refractivity contribution in [3.8, 4) is 5.75 Å². The molecule has 2 heterocycles. The molecule has 9 heteroatoms. The highest BCUT2D eigenvalue weighted by atomic mass is 19.4. The van der Waals surface area contributed by atoms with E-state index in [2.05, 4.69) is 20.0 Å². The maximum atomic E-state index is 12.5. The lowest BCUT2D eigenvalue weighted by Crippen LogP contribution is -2.31. The van der Waals surface area contributed by atoms with Crippen LogP contribution in [0.4, 0.5) is 24.9 Å². The second-order valence-corrected chi connectivity index (χ2v) is 6.34. The van der Waals surface area contributed by atoms with Gasteiger partial charge in [0, 0.05) is 38.0 Å². The molecule has 1 aromatic heterocycles. The number of hydrogen-bond acceptors (Lipinski definition) is 6. The van der Waals surface area contributed by atoms with E-state index >= 15 is 0 Å². The van der Waals surface area contributed by atoms with Crippen LogP contribution in [0.15, 0.2) is 24.3 Å². The molecule has 0 spiro atoms. The van der Waals surface area contributed by atoms with Gasteiger partial charge in [-0.05, 0) is 43.0 Å². The van der Waals surface area contributed by atoms with Crippen molar-refractivity contribution < 1.29 is 23.0 Å². The van der Waals surface area contributed by atoms with E-state index in [1.807, 2.05) is 17.9 Å². The van der Waals surface area contributed by atoms with Crippen molar-refractivity contribution >= 4 is 11.8 Å². The maximum Gasteiger partial charge on any atom is 0.573 e. The lowest BCUT2D eigenvalue weighted by molar-refractivity contribution is -0.274. The van der Waals surface area contributed by atoms with Gasteiger partial charge in [-0.25, -0.2) is 4.98 Å². The van der Waals surface area contributed by atoms with Crippen LogP contribution in [0.2, 0.25) is 0 Å². The lowest BCUT2D eigenvalue weighted by Gasteiger charge is -2.30. The number of nitrogens with zero attached hydrogens (tertiary/aromatic N) is 3. The molecular weight excluding hydrogens is 361 g/mol. The molecule has 0 saturated carbocycles. The van der Waals surface area contributed by atoms with Crippen molar-refractivity contribution in [3.05, 3.63) is 41.1 Å². The fourth-order valence-electron chi connectivity index (χ4n) is 3.00. The number of aliphatic hydroxyl groups excluding tert-OH is 1. The van der Waals surface area contributed by atoms with Crippen LogP contribution in [0.5, 0.6) is 5.75 Å². The minimum Gasteiger partial charge on any atom is -0.406 e. The molecule has 146 valence electrons. The van der Waals surface area contributed by atoms with Crippen LogP contribution < -0.4 is 15.0 Å². The number of rotatable bonds is 6. The number of nitrogens with one attached hydrogen (secondary N) is 1. The van der Waals surface area contributed by atoms with Gasteiger partial charge in [-0.1, -0.05) is 6.07 Å². The van der Waals surface area contributed by atoms with Gasteiger partial charge in [-0.15, -0.1) is 13.2 Å². The van der Waals surface area contributed by atoms with E-state index in [1.165, 1.54) is 12.1 Å². The second kappa shape index (κ2) is 7.99. The maximum absolute atomic E-state index is 12.5. The molecule has 0 saturated heterocycles. The Morgan fingerprint density at radius 2 is 2.04 bits per heavy atom. The van der Waals surface area contributed by atoms with Gasteiger partial charge >= 0.3 is 6.36 Å². The summed E-state index contributed by atoms with van der Waals surface area (Å²) in [7, 11) is 0. The topological polar surface area (TPSA) is 70.5 Å². The molecule has 27 heavy (non-hydrogen) atoms. The number of alkyl halides is 3. The molecule has 0 fully saturated rings. The third-order valence-electron chi connectivity index (χ3n) is 4.21. The summed E-state index contributed by atoms with van der Waals surface area (Å²) in [5, 5.41) is 11.9. The Balaban J connectivity index is 1.77. The van der Waals surface area contributed by atoms with Crippen molar-refractivity contribution in [2.45, 2.75) is 32.7 Å². The van der Waals surface area contributed by atoms with E-state index in [4.69, 9.17) is 5.11 Å². The molecule has 0 amide bonds. The van der Waals surface area contributed by atoms with Crippen LogP contribution in [0.25, 0.3) is 0 Å². The molecule has 2 aromatic rings. The third-order valence-corrected chi connectivity index (χ3v) is 4.21. The van der Waals surface area contributed by atoms with E-state index < -0.39 is 6.36 Å². The van der Waals surface area contributed by atoms with Gasteiger partial charge < -0.3 is 20.1 Å². The second-order valence-electron chi connectivity index (χ2n) is 6.34. The SMILES string of the molecule is Cc1cc(N2CCc3ccc(OC(F)(F)F)cc3C2)nc(NCCCO)n1. The van der Waals surface area contributed by atoms with E-state index in [9.17, 15) is 13.2 Å². The number of ether oxygens (including phenoxy) is 1. The first-order chi connectivity index (χ1) is 12.8. The smallest absolute Gasteiger partial charge is 0.406 e. The minimum absolute atomic E-state index is 0.0803. The van der Waals surface area contributed by atoms with Crippen molar-refractivity contribution in [3.63, 3.8) is 0 Å². The van der Waals surface area contributed by atoms with Gasteiger partial charge in [0.25, 0.3) is 0 Å². The number of halogens is 3. The van der Waals surface area contributed by atoms with Crippen molar-refractivity contribution in [2.75, 3.05) is 29.9 Å². The first kappa shape index (κ1) is 19.2. The summed E-state index contributed by atoms with van der Waals surface area (Å²) < 4.78 is 41.4. The Morgan fingerprint density at radius 1 is 1.22 bits per heavy atom. The highest BCUT2D eigenvalue weighted by Gasteiger charge is 2.31. The molecule has 0 bridgehead atoms. The molecule has 0 unspecified atom stereocenters. The fourth-order valence-corrected chi connectivity index (χ4v) is 3.00. The summed E-state index contributed by atoms with van der Waals surface area (Å²) in [6.45, 7) is 3.64. The Morgan fingerprint density at radius 3 is 2.78 bits per heavy atom.